The van der Waals surface area contributed by atoms with Crippen LogP contribution < -0.4 is 4.74 Å². The molecule has 0 aromatic heterocycles. The second-order valence-electron chi connectivity index (χ2n) is 8.01. The molecule has 1 aromatic carbocycles. The summed E-state index contributed by atoms with van der Waals surface area (Å²) in [7, 11) is 3.06. The van der Waals surface area contributed by atoms with Crippen molar-refractivity contribution in [1.82, 2.24) is 0 Å². The Morgan fingerprint density at radius 1 is 1.17 bits per heavy atom. The summed E-state index contributed by atoms with van der Waals surface area (Å²) in [5.74, 6) is 1.01. The number of benzene rings is 1. The molecule has 3 rings (SSSR count). The second kappa shape index (κ2) is 5.54. The highest BCUT2D eigenvalue weighted by atomic mass is 16.5. The molecule has 2 aliphatic rings. The van der Waals surface area contributed by atoms with E-state index in [0.29, 0.717) is 22.6 Å². The van der Waals surface area contributed by atoms with E-state index in [4.69, 9.17) is 9.47 Å². The lowest BCUT2D eigenvalue weighted by Crippen LogP contribution is -2.48. The summed E-state index contributed by atoms with van der Waals surface area (Å²) in [5, 5.41) is 0. The van der Waals surface area contributed by atoms with Gasteiger partial charge in [-0.2, -0.15) is 0 Å². The highest BCUT2D eigenvalue weighted by molar-refractivity contribution is 5.95. The Labute approximate surface area is 139 Å². The van der Waals surface area contributed by atoms with Gasteiger partial charge in [0, 0.05) is 0 Å². The van der Waals surface area contributed by atoms with Gasteiger partial charge in [-0.25, -0.2) is 4.79 Å². The van der Waals surface area contributed by atoms with Gasteiger partial charge in [0.1, 0.15) is 11.3 Å². The highest BCUT2D eigenvalue weighted by Crippen LogP contribution is 2.57. The zero-order chi connectivity index (χ0) is 16.8. The number of hydrogen-bond acceptors (Lipinski definition) is 3. The van der Waals surface area contributed by atoms with Crippen molar-refractivity contribution in [2.45, 2.75) is 58.3 Å². The summed E-state index contributed by atoms with van der Waals surface area (Å²) in [4.78, 5) is 12.4. The van der Waals surface area contributed by atoms with E-state index in [1.165, 1.54) is 31.9 Å². The average Bonchev–Trinajstić information content (AvgIpc) is 2.52. The predicted octanol–water partition coefficient (Wildman–Crippen LogP) is 4.51. The molecule has 0 amide bonds. The Morgan fingerprint density at radius 3 is 2.57 bits per heavy atom. The minimum absolute atomic E-state index is 0.143. The van der Waals surface area contributed by atoms with Crippen molar-refractivity contribution < 1.29 is 14.3 Å². The molecule has 3 nitrogen and oxygen atoms in total. The zero-order valence-electron chi connectivity index (χ0n) is 15.0. The third-order valence-corrected chi connectivity index (χ3v) is 6.41. The van der Waals surface area contributed by atoms with Gasteiger partial charge >= 0.3 is 5.97 Å². The van der Waals surface area contributed by atoms with Gasteiger partial charge in [0.05, 0.1) is 14.2 Å². The molecule has 23 heavy (non-hydrogen) atoms. The fraction of sp³-hybridized carbons (Fsp3) is 0.650. The molecule has 2 atom stereocenters. The molecule has 0 saturated heterocycles. The summed E-state index contributed by atoms with van der Waals surface area (Å²) >= 11 is 0. The zero-order valence-corrected chi connectivity index (χ0v) is 15.0. The first kappa shape index (κ1) is 16.4. The van der Waals surface area contributed by atoms with Crippen molar-refractivity contribution in [3.8, 4) is 5.75 Å². The molecule has 0 N–H and O–H groups in total. The molecule has 126 valence electrons. The molecule has 1 fully saturated rings. The van der Waals surface area contributed by atoms with Crippen LogP contribution in [0.3, 0.4) is 0 Å². The first-order valence-corrected chi connectivity index (χ1v) is 8.64. The number of methoxy groups -OCH3 is 2. The molecule has 3 heteroatoms. The van der Waals surface area contributed by atoms with Crippen LogP contribution in [0.4, 0.5) is 0 Å². The van der Waals surface area contributed by atoms with Crippen LogP contribution >= 0.6 is 0 Å². The minimum atomic E-state index is -0.282. The molecule has 0 bridgehead atoms. The normalized spacial score (nSPS) is 28.5. The fourth-order valence-electron chi connectivity index (χ4n) is 5.36. The van der Waals surface area contributed by atoms with Gasteiger partial charge in [-0.15, -0.1) is 0 Å². The Bertz CT molecular complexity index is 632. The number of ether oxygens (including phenoxy) is 2. The third-order valence-electron chi connectivity index (χ3n) is 6.41. The van der Waals surface area contributed by atoms with E-state index < -0.39 is 0 Å². The quantitative estimate of drug-likeness (QED) is 0.753. The fourth-order valence-corrected chi connectivity index (χ4v) is 5.36. The van der Waals surface area contributed by atoms with Gasteiger partial charge in [-0.05, 0) is 59.6 Å². The minimum Gasteiger partial charge on any atom is -0.496 e. The molecule has 1 unspecified atom stereocenters. The maximum absolute atomic E-state index is 12.4. The Balaban J connectivity index is 2.18. The summed E-state index contributed by atoms with van der Waals surface area (Å²) in [5.41, 5.74) is 3.62. The van der Waals surface area contributed by atoms with Crippen molar-refractivity contribution in [3.63, 3.8) is 0 Å². The lowest BCUT2D eigenvalue weighted by Gasteiger charge is -2.54. The van der Waals surface area contributed by atoms with Gasteiger partial charge in [-0.1, -0.05) is 33.3 Å². The van der Waals surface area contributed by atoms with Crippen LogP contribution in [0.1, 0.15) is 67.9 Å². The number of fused-ring (bicyclic) bond motifs is 3. The van der Waals surface area contributed by atoms with Crippen molar-refractivity contribution in [2.24, 2.45) is 11.3 Å². The predicted molar refractivity (Wildman–Crippen MR) is 91.1 cm³/mol. The number of hydrogen-bond donors (Lipinski definition) is 0. The van der Waals surface area contributed by atoms with Crippen molar-refractivity contribution in [3.05, 3.63) is 28.8 Å². The summed E-state index contributed by atoms with van der Waals surface area (Å²) in [6, 6.07) is 4.13. The lowest BCUT2D eigenvalue weighted by atomic mass is 9.50. The van der Waals surface area contributed by atoms with Gasteiger partial charge in [0.15, 0.2) is 0 Å². The van der Waals surface area contributed by atoms with Gasteiger partial charge in [0.25, 0.3) is 0 Å². The van der Waals surface area contributed by atoms with E-state index in [2.05, 4.69) is 26.8 Å². The van der Waals surface area contributed by atoms with Crippen molar-refractivity contribution in [2.75, 3.05) is 14.2 Å². The topological polar surface area (TPSA) is 35.5 Å². The molecule has 0 radical (unpaired) electrons. The van der Waals surface area contributed by atoms with Crippen LogP contribution in [0.25, 0.3) is 0 Å². The van der Waals surface area contributed by atoms with Crippen LogP contribution in [0.2, 0.25) is 0 Å². The molecule has 0 aliphatic heterocycles. The van der Waals surface area contributed by atoms with E-state index in [0.717, 1.165) is 18.4 Å². The number of carbonyl (C=O) groups excluding carboxylic acids is 1. The lowest BCUT2D eigenvalue weighted by molar-refractivity contribution is 0.0399. The van der Waals surface area contributed by atoms with E-state index in [-0.39, 0.29) is 11.4 Å². The molecule has 2 aliphatic carbocycles. The molecule has 1 saturated carbocycles. The maximum atomic E-state index is 12.4. The molecule has 0 heterocycles. The molecule has 1 aromatic rings. The summed E-state index contributed by atoms with van der Waals surface area (Å²) in [6.07, 6.45) is 5.80. The number of carbonyl (C=O) groups is 1. The Hall–Kier alpha value is -1.51. The number of esters is 1. The summed E-state index contributed by atoms with van der Waals surface area (Å²) in [6.45, 7) is 7.21. The van der Waals surface area contributed by atoms with Crippen LogP contribution in [0.15, 0.2) is 12.1 Å². The van der Waals surface area contributed by atoms with Crippen LogP contribution in [0.5, 0.6) is 5.75 Å². The van der Waals surface area contributed by atoms with Gasteiger partial charge in [0.2, 0.25) is 0 Å². The second-order valence-corrected chi connectivity index (χ2v) is 8.01. The SMILES string of the molecule is COC(=O)c1c(OC)ccc2c1CCC1C(C)(C)CCC[C@]21C. The van der Waals surface area contributed by atoms with Gasteiger partial charge in [-0.3, -0.25) is 0 Å². The standard InChI is InChI=1S/C20H28O3/c1-19(2)11-6-12-20(3)14-8-9-15(22-4)17(18(21)23-5)13(14)7-10-16(19)20/h8-9,16H,6-7,10-12H2,1-5H3/t16?,20-/m1/s1. The van der Waals surface area contributed by atoms with E-state index in [9.17, 15) is 4.79 Å². The smallest absolute Gasteiger partial charge is 0.341 e. The Kier molecular flexibility index (Phi) is 3.94. The van der Waals surface area contributed by atoms with Crippen LogP contribution in [0, 0.1) is 11.3 Å². The first-order chi connectivity index (χ1) is 10.8. The van der Waals surface area contributed by atoms with Gasteiger partial charge < -0.3 is 9.47 Å². The number of rotatable bonds is 2. The van der Waals surface area contributed by atoms with Crippen LogP contribution in [-0.2, 0) is 16.6 Å². The molecular formula is C20H28O3. The third kappa shape index (κ3) is 2.36. The highest BCUT2D eigenvalue weighted by Gasteiger charge is 2.50. The monoisotopic (exact) mass is 316 g/mol. The largest absolute Gasteiger partial charge is 0.496 e. The van der Waals surface area contributed by atoms with E-state index >= 15 is 0 Å². The van der Waals surface area contributed by atoms with E-state index in [1.807, 2.05) is 6.07 Å². The van der Waals surface area contributed by atoms with E-state index in [1.54, 1.807) is 7.11 Å². The van der Waals surface area contributed by atoms with Crippen molar-refractivity contribution in [1.29, 1.82) is 0 Å². The Morgan fingerprint density at radius 2 is 1.91 bits per heavy atom. The molecular weight excluding hydrogens is 288 g/mol. The maximum Gasteiger partial charge on any atom is 0.341 e. The summed E-state index contributed by atoms with van der Waals surface area (Å²) < 4.78 is 10.5. The van der Waals surface area contributed by atoms with Crippen LogP contribution in [-0.4, -0.2) is 20.2 Å². The molecule has 0 spiro atoms. The first-order valence-electron chi connectivity index (χ1n) is 8.64. The van der Waals surface area contributed by atoms with Crippen molar-refractivity contribution >= 4 is 5.97 Å². The average molecular weight is 316 g/mol.